The molecule has 1 aromatic rings. The lowest BCUT2D eigenvalue weighted by Crippen LogP contribution is -2.06. The zero-order valence-corrected chi connectivity index (χ0v) is 11.0. The Labute approximate surface area is 104 Å². The standard InChI is InChI=1S/C14H23NO2/c1-12(2)17-14-8-6-13(7-9-14)15-10-4-5-11-16-3/h6-9,12,15H,4-5,10-11H2,1-3H3. The molecule has 0 bridgehead atoms. The van der Waals surface area contributed by atoms with Gasteiger partial charge in [0.05, 0.1) is 6.10 Å². The van der Waals surface area contributed by atoms with E-state index >= 15 is 0 Å². The van der Waals surface area contributed by atoms with E-state index in [9.17, 15) is 0 Å². The lowest BCUT2D eigenvalue weighted by molar-refractivity contribution is 0.194. The van der Waals surface area contributed by atoms with Gasteiger partial charge in [-0.15, -0.1) is 0 Å². The molecule has 3 heteroatoms. The number of hydrogen-bond donors (Lipinski definition) is 1. The van der Waals surface area contributed by atoms with Gasteiger partial charge in [-0.2, -0.15) is 0 Å². The van der Waals surface area contributed by atoms with E-state index in [1.54, 1.807) is 7.11 Å². The molecule has 0 saturated carbocycles. The van der Waals surface area contributed by atoms with Crippen LogP contribution in [-0.2, 0) is 4.74 Å². The molecule has 0 aromatic heterocycles. The van der Waals surface area contributed by atoms with Crippen LogP contribution in [0, 0.1) is 0 Å². The van der Waals surface area contributed by atoms with Crippen LogP contribution >= 0.6 is 0 Å². The van der Waals surface area contributed by atoms with E-state index in [2.05, 4.69) is 5.32 Å². The Hall–Kier alpha value is -1.22. The van der Waals surface area contributed by atoms with Gasteiger partial charge in [-0.25, -0.2) is 0 Å². The Morgan fingerprint density at radius 1 is 1.12 bits per heavy atom. The summed E-state index contributed by atoms with van der Waals surface area (Å²) >= 11 is 0. The van der Waals surface area contributed by atoms with Crippen LogP contribution in [0.1, 0.15) is 26.7 Å². The lowest BCUT2D eigenvalue weighted by Gasteiger charge is -2.11. The van der Waals surface area contributed by atoms with Crippen molar-refractivity contribution in [3.63, 3.8) is 0 Å². The number of nitrogens with one attached hydrogen (secondary N) is 1. The third-order valence-corrected chi connectivity index (χ3v) is 2.33. The minimum Gasteiger partial charge on any atom is -0.491 e. The zero-order chi connectivity index (χ0) is 12.5. The summed E-state index contributed by atoms with van der Waals surface area (Å²) in [5.74, 6) is 0.921. The van der Waals surface area contributed by atoms with Gasteiger partial charge in [-0.1, -0.05) is 0 Å². The fraction of sp³-hybridized carbons (Fsp3) is 0.571. The molecule has 0 amide bonds. The number of methoxy groups -OCH3 is 1. The van der Waals surface area contributed by atoms with Gasteiger partial charge in [0.2, 0.25) is 0 Å². The Morgan fingerprint density at radius 2 is 1.82 bits per heavy atom. The van der Waals surface area contributed by atoms with Crippen molar-refractivity contribution >= 4 is 5.69 Å². The highest BCUT2D eigenvalue weighted by atomic mass is 16.5. The van der Waals surface area contributed by atoms with Gasteiger partial charge in [-0.05, 0) is 51.0 Å². The first-order valence-electron chi connectivity index (χ1n) is 6.22. The monoisotopic (exact) mass is 237 g/mol. The van der Waals surface area contributed by atoms with Crippen molar-refractivity contribution in [2.24, 2.45) is 0 Å². The number of rotatable bonds is 8. The maximum atomic E-state index is 5.58. The second-order valence-corrected chi connectivity index (χ2v) is 4.32. The third-order valence-electron chi connectivity index (χ3n) is 2.33. The van der Waals surface area contributed by atoms with Gasteiger partial charge >= 0.3 is 0 Å². The van der Waals surface area contributed by atoms with E-state index in [1.807, 2.05) is 38.1 Å². The molecule has 0 aliphatic rings. The molecule has 0 unspecified atom stereocenters. The SMILES string of the molecule is COCCCCNc1ccc(OC(C)C)cc1. The van der Waals surface area contributed by atoms with Crippen molar-refractivity contribution in [2.75, 3.05) is 25.6 Å². The van der Waals surface area contributed by atoms with E-state index in [0.29, 0.717) is 0 Å². The first-order chi connectivity index (χ1) is 8.22. The number of benzene rings is 1. The van der Waals surface area contributed by atoms with E-state index < -0.39 is 0 Å². The maximum absolute atomic E-state index is 5.58. The minimum absolute atomic E-state index is 0.225. The van der Waals surface area contributed by atoms with Crippen LogP contribution in [-0.4, -0.2) is 26.4 Å². The smallest absolute Gasteiger partial charge is 0.119 e. The molecule has 1 aromatic carbocycles. The van der Waals surface area contributed by atoms with E-state index in [-0.39, 0.29) is 6.10 Å². The summed E-state index contributed by atoms with van der Waals surface area (Å²) in [6, 6.07) is 8.09. The molecule has 0 saturated heterocycles. The summed E-state index contributed by atoms with van der Waals surface area (Å²) < 4.78 is 10.6. The average molecular weight is 237 g/mol. The van der Waals surface area contributed by atoms with Gasteiger partial charge in [0.25, 0.3) is 0 Å². The predicted molar refractivity (Wildman–Crippen MR) is 71.8 cm³/mol. The van der Waals surface area contributed by atoms with Crippen LogP contribution in [0.4, 0.5) is 5.69 Å². The fourth-order valence-corrected chi connectivity index (χ4v) is 1.53. The van der Waals surface area contributed by atoms with Gasteiger partial charge in [0.15, 0.2) is 0 Å². The van der Waals surface area contributed by atoms with Crippen molar-refractivity contribution < 1.29 is 9.47 Å². The van der Waals surface area contributed by atoms with Gasteiger partial charge in [0.1, 0.15) is 5.75 Å². The van der Waals surface area contributed by atoms with Crippen LogP contribution < -0.4 is 10.1 Å². The second kappa shape index (κ2) is 7.96. The Balaban J connectivity index is 2.25. The molecule has 0 aliphatic heterocycles. The van der Waals surface area contributed by atoms with Crippen LogP contribution in [0.5, 0.6) is 5.75 Å². The lowest BCUT2D eigenvalue weighted by atomic mass is 10.2. The number of hydrogen-bond acceptors (Lipinski definition) is 3. The summed E-state index contributed by atoms with van der Waals surface area (Å²) in [5.41, 5.74) is 1.14. The van der Waals surface area contributed by atoms with E-state index in [1.165, 1.54) is 0 Å². The summed E-state index contributed by atoms with van der Waals surface area (Å²) in [6.45, 7) is 5.88. The summed E-state index contributed by atoms with van der Waals surface area (Å²) in [4.78, 5) is 0. The van der Waals surface area contributed by atoms with E-state index in [0.717, 1.165) is 37.4 Å². The summed E-state index contributed by atoms with van der Waals surface area (Å²) in [6.07, 6.45) is 2.44. The van der Waals surface area contributed by atoms with Crippen LogP contribution in [0.2, 0.25) is 0 Å². The number of unbranched alkanes of at least 4 members (excludes halogenated alkanes) is 1. The molecule has 17 heavy (non-hydrogen) atoms. The molecule has 0 atom stereocenters. The normalized spacial score (nSPS) is 10.6. The van der Waals surface area contributed by atoms with Crippen molar-refractivity contribution in [1.29, 1.82) is 0 Å². The largest absolute Gasteiger partial charge is 0.491 e. The predicted octanol–water partition coefficient (Wildman–Crippen LogP) is 3.31. The van der Waals surface area contributed by atoms with Gasteiger partial charge < -0.3 is 14.8 Å². The highest BCUT2D eigenvalue weighted by Gasteiger charge is 1.97. The molecule has 0 fully saturated rings. The van der Waals surface area contributed by atoms with Crippen LogP contribution in [0.3, 0.4) is 0 Å². The molecule has 0 heterocycles. The molecular weight excluding hydrogens is 214 g/mol. The van der Waals surface area contributed by atoms with Gasteiger partial charge in [-0.3, -0.25) is 0 Å². The third kappa shape index (κ3) is 6.17. The molecule has 0 radical (unpaired) electrons. The highest BCUT2D eigenvalue weighted by Crippen LogP contribution is 2.16. The number of anilines is 1. The van der Waals surface area contributed by atoms with E-state index in [4.69, 9.17) is 9.47 Å². The fourth-order valence-electron chi connectivity index (χ4n) is 1.53. The molecule has 3 nitrogen and oxygen atoms in total. The average Bonchev–Trinajstić information content (AvgIpc) is 2.30. The summed E-state index contributed by atoms with van der Waals surface area (Å²) in [7, 11) is 1.74. The summed E-state index contributed by atoms with van der Waals surface area (Å²) in [5, 5.41) is 3.37. The molecule has 1 N–H and O–H groups in total. The highest BCUT2D eigenvalue weighted by molar-refractivity contribution is 5.46. The quantitative estimate of drug-likeness (QED) is 0.704. The van der Waals surface area contributed by atoms with Crippen LogP contribution in [0.25, 0.3) is 0 Å². The second-order valence-electron chi connectivity index (χ2n) is 4.32. The number of ether oxygens (including phenoxy) is 2. The zero-order valence-electron chi connectivity index (χ0n) is 11.0. The minimum atomic E-state index is 0.225. The van der Waals surface area contributed by atoms with Crippen molar-refractivity contribution in [1.82, 2.24) is 0 Å². The maximum Gasteiger partial charge on any atom is 0.119 e. The Morgan fingerprint density at radius 3 is 2.41 bits per heavy atom. The molecule has 0 aliphatic carbocycles. The van der Waals surface area contributed by atoms with Crippen molar-refractivity contribution in [3.05, 3.63) is 24.3 Å². The topological polar surface area (TPSA) is 30.5 Å². The first-order valence-corrected chi connectivity index (χ1v) is 6.22. The Kier molecular flexibility index (Phi) is 6.48. The first kappa shape index (κ1) is 13.8. The van der Waals surface area contributed by atoms with Crippen molar-refractivity contribution in [3.8, 4) is 5.75 Å². The molecule has 96 valence electrons. The van der Waals surface area contributed by atoms with Gasteiger partial charge in [0, 0.05) is 25.9 Å². The Bertz CT molecular complexity index is 296. The molecule has 0 spiro atoms. The van der Waals surface area contributed by atoms with Crippen molar-refractivity contribution in [2.45, 2.75) is 32.8 Å². The molecule has 1 rings (SSSR count). The van der Waals surface area contributed by atoms with Crippen LogP contribution in [0.15, 0.2) is 24.3 Å². The molecular formula is C14H23NO2.